The van der Waals surface area contributed by atoms with Crippen molar-refractivity contribution in [2.75, 3.05) is 0 Å². The van der Waals surface area contributed by atoms with E-state index in [1.165, 1.54) is 22.6 Å². The monoisotopic (exact) mass is 350 g/mol. The van der Waals surface area contributed by atoms with Gasteiger partial charge in [-0.2, -0.15) is 0 Å². The fraction of sp³-hybridized carbons (Fsp3) is 0.227. The Bertz CT molecular complexity index is 918. The highest BCUT2D eigenvalue weighted by Crippen LogP contribution is 2.26. The van der Waals surface area contributed by atoms with E-state index in [9.17, 15) is 0 Å². The van der Waals surface area contributed by atoms with Crippen LogP contribution in [0.25, 0.3) is 5.69 Å². The maximum Gasteiger partial charge on any atom is 0.0673 e. The number of aliphatic imine (C=N–C) groups is 1. The number of aromatic nitrogens is 1. The lowest BCUT2D eigenvalue weighted by atomic mass is 10.1. The van der Waals surface area contributed by atoms with Crippen molar-refractivity contribution in [3.8, 4) is 5.69 Å². The summed E-state index contributed by atoms with van der Waals surface area (Å²) in [6.45, 7) is 8.43. The molecule has 0 N–H and O–H groups in total. The van der Waals surface area contributed by atoms with E-state index in [1.54, 1.807) is 0 Å². The van der Waals surface area contributed by atoms with Crippen molar-refractivity contribution >= 4 is 23.5 Å². The lowest BCUT2D eigenvalue weighted by Crippen LogP contribution is -1.99. The van der Waals surface area contributed by atoms with Crippen molar-refractivity contribution in [2.45, 2.75) is 34.1 Å². The van der Waals surface area contributed by atoms with Gasteiger partial charge in [-0.1, -0.05) is 36.7 Å². The van der Waals surface area contributed by atoms with E-state index < -0.39 is 0 Å². The third-order valence-corrected chi connectivity index (χ3v) is 5.06. The summed E-state index contributed by atoms with van der Waals surface area (Å²) in [5.41, 5.74) is 7.96. The van der Waals surface area contributed by atoms with Gasteiger partial charge in [0.25, 0.3) is 0 Å². The van der Waals surface area contributed by atoms with Crippen molar-refractivity contribution in [2.24, 2.45) is 4.99 Å². The summed E-state index contributed by atoms with van der Waals surface area (Å²) >= 11 is 6.18. The Hall–Kier alpha value is -2.32. The van der Waals surface area contributed by atoms with Crippen molar-refractivity contribution < 1.29 is 0 Å². The van der Waals surface area contributed by atoms with Gasteiger partial charge < -0.3 is 4.57 Å². The largest absolute Gasteiger partial charge is 0.318 e. The molecule has 0 saturated carbocycles. The van der Waals surface area contributed by atoms with Gasteiger partial charge in [-0.05, 0) is 68.7 Å². The van der Waals surface area contributed by atoms with Crippen LogP contribution in [0.5, 0.6) is 0 Å². The smallest absolute Gasteiger partial charge is 0.0673 e. The molecule has 0 aliphatic rings. The van der Waals surface area contributed by atoms with E-state index in [4.69, 9.17) is 11.6 Å². The van der Waals surface area contributed by atoms with Crippen LogP contribution in [0.4, 0.5) is 5.69 Å². The van der Waals surface area contributed by atoms with Gasteiger partial charge in [0.2, 0.25) is 0 Å². The Labute approximate surface area is 154 Å². The SMILES string of the molecule is CCc1ccc(-n2c(C)cc(C=Nc3cccc(Cl)c3C)c2C)cc1. The summed E-state index contributed by atoms with van der Waals surface area (Å²) in [5, 5.41) is 0.746. The highest BCUT2D eigenvalue weighted by Gasteiger charge is 2.09. The van der Waals surface area contributed by atoms with Crippen molar-refractivity contribution in [1.82, 2.24) is 4.57 Å². The molecule has 0 aliphatic carbocycles. The number of hydrogen-bond donors (Lipinski definition) is 0. The molecule has 0 amide bonds. The maximum absolute atomic E-state index is 6.18. The van der Waals surface area contributed by atoms with E-state index in [0.29, 0.717) is 0 Å². The van der Waals surface area contributed by atoms with Crippen LogP contribution in [0, 0.1) is 20.8 Å². The summed E-state index contributed by atoms with van der Waals surface area (Å²) in [6.07, 6.45) is 2.98. The first kappa shape index (κ1) is 17.5. The van der Waals surface area contributed by atoms with Crippen LogP contribution < -0.4 is 0 Å². The van der Waals surface area contributed by atoms with Crippen molar-refractivity contribution in [3.63, 3.8) is 0 Å². The van der Waals surface area contributed by atoms with Crippen LogP contribution in [-0.2, 0) is 6.42 Å². The van der Waals surface area contributed by atoms with Crippen LogP contribution in [0.15, 0.2) is 53.5 Å². The Morgan fingerprint density at radius 2 is 1.76 bits per heavy atom. The molecule has 2 nitrogen and oxygen atoms in total. The molecule has 0 saturated heterocycles. The second-order valence-electron chi connectivity index (χ2n) is 6.32. The molecule has 0 fully saturated rings. The molecule has 3 heteroatoms. The summed E-state index contributed by atoms with van der Waals surface area (Å²) in [5.74, 6) is 0. The highest BCUT2D eigenvalue weighted by atomic mass is 35.5. The highest BCUT2D eigenvalue weighted by molar-refractivity contribution is 6.31. The van der Waals surface area contributed by atoms with E-state index in [0.717, 1.165) is 28.3 Å². The Kier molecular flexibility index (Phi) is 5.10. The molecule has 1 aromatic heterocycles. The topological polar surface area (TPSA) is 17.3 Å². The van der Waals surface area contributed by atoms with Crippen LogP contribution in [0.1, 0.15) is 35.0 Å². The average Bonchev–Trinajstić information content (AvgIpc) is 2.90. The number of benzene rings is 2. The fourth-order valence-corrected chi connectivity index (χ4v) is 3.24. The van der Waals surface area contributed by atoms with Gasteiger partial charge in [0.15, 0.2) is 0 Å². The first-order valence-electron chi connectivity index (χ1n) is 8.58. The van der Waals surface area contributed by atoms with Crippen molar-refractivity contribution in [1.29, 1.82) is 0 Å². The molecule has 0 bridgehead atoms. The average molecular weight is 351 g/mol. The number of hydrogen-bond acceptors (Lipinski definition) is 1. The molecular formula is C22H23ClN2. The Balaban J connectivity index is 1.96. The molecular weight excluding hydrogens is 328 g/mol. The standard InChI is InChI=1S/C22H23ClN2/c1-5-18-9-11-20(12-10-18)25-15(2)13-19(17(25)4)14-24-22-8-6-7-21(23)16(22)3/h6-14H,5H2,1-4H3. The molecule has 3 rings (SSSR count). The summed E-state index contributed by atoms with van der Waals surface area (Å²) in [4.78, 5) is 4.65. The maximum atomic E-state index is 6.18. The molecule has 1 heterocycles. The molecule has 0 unspecified atom stereocenters. The number of aryl methyl sites for hydroxylation is 2. The molecule has 0 aliphatic heterocycles. The second-order valence-corrected chi connectivity index (χ2v) is 6.73. The van der Waals surface area contributed by atoms with Gasteiger partial charge in [-0.25, -0.2) is 0 Å². The van der Waals surface area contributed by atoms with Gasteiger partial charge in [0.1, 0.15) is 0 Å². The minimum Gasteiger partial charge on any atom is -0.318 e. The zero-order valence-electron chi connectivity index (χ0n) is 15.2. The minimum atomic E-state index is 0.746. The van der Waals surface area contributed by atoms with Crippen molar-refractivity contribution in [3.05, 3.63) is 81.6 Å². The van der Waals surface area contributed by atoms with Gasteiger partial charge in [-0.15, -0.1) is 0 Å². The number of halogens is 1. The Morgan fingerprint density at radius 1 is 1.04 bits per heavy atom. The molecule has 3 aromatic rings. The predicted molar refractivity (Wildman–Crippen MR) is 108 cm³/mol. The molecule has 25 heavy (non-hydrogen) atoms. The zero-order chi connectivity index (χ0) is 18.0. The minimum absolute atomic E-state index is 0.746. The Morgan fingerprint density at radius 3 is 2.44 bits per heavy atom. The van der Waals surface area contributed by atoms with E-state index in [-0.39, 0.29) is 0 Å². The lowest BCUT2D eigenvalue weighted by Gasteiger charge is -2.10. The first-order chi connectivity index (χ1) is 12.0. The van der Waals surface area contributed by atoms with Crippen LogP contribution in [0.2, 0.25) is 5.02 Å². The molecule has 0 spiro atoms. The summed E-state index contributed by atoms with van der Waals surface area (Å²) < 4.78 is 2.27. The quantitative estimate of drug-likeness (QED) is 0.486. The molecule has 2 aromatic carbocycles. The third kappa shape index (κ3) is 3.54. The number of nitrogens with zero attached hydrogens (tertiary/aromatic N) is 2. The molecule has 0 radical (unpaired) electrons. The van der Waals surface area contributed by atoms with E-state index in [2.05, 4.69) is 60.7 Å². The first-order valence-corrected chi connectivity index (χ1v) is 8.96. The third-order valence-electron chi connectivity index (χ3n) is 4.65. The van der Waals surface area contributed by atoms with E-state index in [1.807, 2.05) is 31.3 Å². The number of rotatable bonds is 4. The molecule has 0 atom stereocenters. The van der Waals surface area contributed by atoms with E-state index >= 15 is 0 Å². The summed E-state index contributed by atoms with van der Waals surface area (Å²) in [6, 6.07) is 16.7. The van der Waals surface area contributed by atoms with Gasteiger partial charge in [0, 0.05) is 33.9 Å². The van der Waals surface area contributed by atoms with Crippen LogP contribution in [-0.4, -0.2) is 10.8 Å². The lowest BCUT2D eigenvalue weighted by molar-refractivity contribution is 0.962. The predicted octanol–water partition coefficient (Wildman–Crippen LogP) is 6.37. The zero-order valence-corrected chi connectivity index (χ0v) is 15.9. The molecule has 128 valence electrons. The van der Waals surface area contributed by atoms with Gasteiger partial charge >= 0.3 is 0 Å². The van der Waals surface area contributed by atoms with Crippen LogP contribution >= 0.6 is 11.6 Å². The second kappa shape index (κ2) is 7.28. The van der Waals surface area contributed by atoms with Crippen LogP contribution in [0.3, 0.4) is 0 Å². The fourth-order valence-electron chi connectivity index (χ4n) is 3.07. The van der Waals surface area contributed by atoms with Gasteiger partial charge in [-0.3, -0.25) is 4.99 Å². The van der Waals surface area contributed by atoms with Gasteiger partial charge in [0.05, 0.1) is 5.69 Å². The normalized spacial score (nSPS) is 11.4. The summed E-state index contributed by atoms with van der Waals surface area (Å²) in [7, 11) is 0.